The summed E-state index contributed by atoms with van der Waals surface area (Å²) in [5.41, 5.74) is 0.923. The number of ether oxygens (including phenoxy) is 1. The highest BCUT2D eigenvalue weighted by Gasteiger charge is 2.18. The molecule has 0 saturated carbocycles. The third kappa shape index (κ3) is 4.36. The van der Waals surface area contributed by atoms with Crippen molar-refractivity contribution in [1.82, 2.24) is 5.32 Å². The van der Waals surface area contributed by atoms with E-state index in [0.717, 1.165) is 31.5 Å². The molecule has 1 aliphatic rings. The lowest BCUT2D eigenvalue weighted by atomic mass is 10.0. The maximum Gasteiger partial charge on any atom is 0.311 e. The zero-order valence-electron chi connectivity index (χ0n) is 10.9. The smallest absolute Gasteiger partial charge is 0.311 e. The van der Waals surface area contributed by atoms with Crippen LogP contribution in [-0.2, 0) is 0 Å². The summed E-state index contributed by atoms with van der Waals surface area (Å²) in [7, 11) is 0. The molecule has 0 amide bonds. The van der Waals surface area contributed by atoms with E-state index in [1.165, 1.54) is 0 Å². The van der Waals surface area contributed by atoms with Crippen molar-refractivity contribution in [2.45, 2.75) is 19.8 Å². The minimum Gasteiger partial charge on any atom is -0.486 e. The van der Waals surface area contributed by atoms with Crippen LogP contribution >= 0.6 is 12.4 Å². The molecule has 0 bridgehead atoms. The molecule has 19 heavy (non-hydrogen) atoms. The zero-order valence-corrected chi connectivity index (χ0v) is 11.7. The van der Waals surface area contributed by atoms with Crippen molar-refractivity contribution in [3.63, 3.8) is 0 Å². The summed E-state index contributed by atoms with van der Waals surface area (Å²) in [6.07, 6.45) is 2.26. The summed E-state index contributed by atoms with van der Waals surface area (Å²) < 4.78 is 5.61. The number of nitro benzene ring substituents is 1. The lowest BCUT2D eigenvalue weighted by Crippen LogP contribution is -2.33. The fraction of sp³-hybridized carbons (Fsp3) is 0.538. The monoisotopic (exact) mass is 286 g/mol. The Hall–Kier alpha value is -1.33. The molecule has 1 fully saturated rings. The van der Waals surface area contributed by atoms with Crippen LogP contribution in [0.4, 0.5) is 5.69 Å². The van der Waals surface area contributed by atoms with Crippen molar-refractivity contribution in [2.24, 2.45) is 5.92 Å². The third-order valence-corrected chi connectivity index (χ3v) is 3.18. The molecule has 106 valence electrons. The van der Waals surface area contributed by atoms with Crippen molar-refractivity contribution in [1.29, 1.82) is 0 Å². The highest BCUT2D eigenvalue weighted by atomic mass is 35.5. The molecule has 6 heteroatoms. The molecule has 1 aromatic carbocycles. The van der Waals surface area contributed by atoms with Crippen LogP contribution in [0.5, 0.6) is 5.75 Å². The van der Waals surface area contributed by atoms with Gasteiger partial charge in [0.1, 0.15) is 0 Å². The Morgan fingerprint density at radius 3 is 2.95 bits per heavy atom. The van der Waals surface area contributed by atoms with Crippen LogP contribution in [0, 0.1) is 23.0 Å². The van der Waals surface area contributed by atoms with Crippen LogP contribution in [0.3, 0.4) is 0 Å². The summed E-state index contributed by atoms with van der Waals surface area (Å²) >= 11 is 0. The number of nitrogens with one attached hydrogen (secondary N) is 1. The van der Waals surface area contributed by atoms with Crippen LogP contribution in [-0.4, -0.2) is 24.6 Å². The maximum absolute atomic E-state index is 10.9. The number of piperidine rings is 1. The van der Waals surface area contributed by atoms with Gasteiger partial charge in [-0.1, -0.05) is 6.07 Å². The van der Waals surface area contributed by atoms with Crippen molar-refractivity contribution < 1.29 is 9.66 Å². The quantitative estimate of drug-likeness (QED) is 0.683. The van der Waals surface area contributed by atoms with Gasteiger partial charge in [0.15, 0.2) is 5.75 Å². The molecule has 1 aromatic rings. The van der Waals surface area contributed by atoms with Gasteiger partial charge in [-0.25, -0.2) is 0 Å². The molecule has 1 atom stereocenters. The molecule has 0 aromatic heterocycles. The van der Waals surface area contributed by atoms with Gasteiger partial charge < -0.3 is 10.1 Å². The SMILES string of the molecule is Cc1ccc(OCC2CCCNC2)c([N+](=O)[O-])c1.Cl. The van der Waals surface area contributed by atoms with E-state index in [4.69, 9.17) is 4.74 Å². The highest BCUT2D eigenvalue weighted by molar-refractivity contribution is 5.85. The second-order valence-corrected chi connectivity index (χ2v) is 4.75. The number of benzene rings is 1. The molecule has 0 spiro atoms. The lowest BCUT2D eigenvalue weighted by molar-refractivity contribution is -0.386. The average Bonchev–Trinajstić information content (AvgIpc) is 2.38. The fourth-order valence-corrected chi connectivity index (χ4v) is 2.17. The zero-order chi connectivity index (χ0) is 13.0. The molecule has 1 saturated heterocycles. The second-order valence-electron chi connectivity index (χ2n) is 4.75. The normalized spacial score (nSPS) is 18.5. The number of aryl methyl sites for hydroxylation is 1. The number of hydrogen-bond acceptors (Lipinski definition) is 4. The van der Waals surface area contributed by atoms with E-state index in [2.05, 4.69) is 5.32 Å². The molecule has 2 rings (SSSR count). The Morgan fingerprint density at radius 2 is 2.32 bits per heavy atom. The van der Waals surface area contributed by atoms with Gasteiger partial charge in [0.05, 0.1) is 11.5 Å². The lowest BCUT2D eigenvalue weighted by Gasteiger charge is -2.22. The van der Waals surface area contributed by atoms with Gasteiger partial charge in [-0.2, -0.15) is 0 Å². The van der Waals surface area contributed by atoms with E-state index in [-0.39, 0.29) is 23.0 Å². The topological polar surface area (TPSA) is 64.4 Å². The van der Waals surface area contributed by atoms with E-state index in [1.807, 2.05) is 13.0 Å². The van der Waals surface area contributed by atoms with Gasteiger partial charge in [-0.15, -0.1) is 12.4 Å². The van der Waals surface area contributed by atoms with Crippen LogP contribution < -0.4 is 10.1 Å². The molecule has 1 aliphatic heterocycles. The molecule has 0 aliphatic carbocycles. The maximum atomic E-state index is 10.9. The molecule has 1 heterocycles. The van der Waals surface area contributed by atoms with Crippen LogP contribution in [0.25, 0.3) is 0 Å². The van der Waals surface area contributed by atoms with Gasteiger partial charge in [-0.3, -0.25) is 10.1 Å². The Morgan fingerprint density at radius 1 is 1.53 bits per heavy atom. The first kappa shape index (κ1) is 15.7. The van der Waals surface area contributed by atoms with Crippen molar-refractivity contribution in [3.8, 4) is 5.75 Å². The first-order valence-electron chi connectivity index (χ1n) is 6.25. The van der Waals surface area contributed by atoms with E-state index >= 15 is 0 Å². The standard InChI is InChI=1S/C13H18N2O3.ClH/c1-10-4-5-13(12(7-10)15(16)17)18-9-11-3-2-6-14-8-11;/h4-5,7,11,14H,2-3,6,8-9H2,1H3;1H. The summed E-state index contributed by atoms with van der Waals surface area (Å²) in [6.45, 7) is 4.36. The molecular weight excluding hydrogens is 268 g/mol. The minimum atomic E-state index is -0.387. The van der Waals surface area contributed by atoms with E-state index in [1.54, 1.807) is 12.1 Å². The third-order valence-electron chi connectivity index (χ3n) is 3.18. The Balaban J connectivity index is 0.00000180. The van der Waals surface area contributed by atoms with Crippen LogP contribution in [0.2, 0.25) is 0 Å². The Kier molecular flexibility index (Phi) is 6.05. The molecule has 0 radical (unpaired) electrons. The average molecular weight is 287 g/mol. The van der Waals surface area contributed by atoms with Gasteiger partial charge in [0.25, 0.3) is 0 Å². The molecule has 5 nitrogen and oxygen atoms in total. The summed E-state index contributed by atoms with van der Waals surface area (Å²) in [6, 6.07) is 5.07. The minimum absolute atomic E-state index is 0. The molecular formula is C13H19ClN2O3. The van der Waals surface area contributed by atoms with Gasteiger partial charge in [-0.05, 0) is 37.9 Å². The fourth-order valence-electron chi connectivity index (χ4n) is 2.17. The summed E-state index contributed by atoms with van der Waals surface area (Å²) in [5.74, 6) is 0.816. The molecule has 1 unspecified atom stereocenters. The van der Waals surface area contributed by atoms with E-state index in [0.29, 0.717) is 18.3 Å². The van der Waals surface area contributed by atoms with Gasteiger partial charge >= 0.3 is 5.69 Å². The summed E-state index contributed by atoms with van der Waals surface area (Å²) in [4.78, 5) is 10.6. The highest BCUT2D eigenvalue weighted by Crippen LogP contribution is 2.28. The first-order valence-corrected chi connectivity index (χ1v) is 6.25. The van der Waals surface area contributed by atoms with E-state index < -0.39 is 0 Å². The predicted molar refractivity (Wildman–Crippen MR) is 76.2 cm³/mol. The Labute approximate surface area is 118 Å². The van der Waals surface area contributed by atoms with Crippen LogP contribution in [0.15, 0.2) is 18.2 Å². The Bertz CT molecular complexity index is 434. The number of nitro groups is 1. The largest absolute Gasteiger partial charge is 0.486 e. The van der Waals surface area contributed by atoms with Crippen LogP contribution in [0.1, 0.15) is 18.4 Å². The van der Waals surface area contributed by atoms with Crippen molar-refractivity contribution in [2.75, 3.05) is 19.7 Å². The van der Waals surface area contributed by atoms with Gasteiger partial charge in [0, 0.05) is 18.5 Å². The van der Waals surface area contributed by atoms with Crippen molar-refractivity contribution in [3.05, 3.63) is 33.9 Å². The number of rotatable bonds is 4. The predicted octanol–water partition coefficient (Wildman–Crippen LogP) is 2.70. The molecule has 1 N–H and O–H groups in total. The van der Waals surface area contributed by atoms with Crippen molar-refractivity contribution >= 4 is 18.1 Å². The number of halogens is 1. The second kappa shape index (κ2) is 7.31. The number of hydrogen-bond donors (Lipinski definition) is 1. The van der Waals surface area contributed by atoms with E-state index in [9.17, 15) is 10.1 Å². The van der Waals surface area contributed by atoms with Gasteiger partial charge in [0.2, 0.25) is 0 Å². The number of nitrogens with zero attached hydrogens (tertiary/aromatic N) is 1. The summed E-state index contributed by atoms with van der Waals surface area (Å²) in [5, 5.41) is 14.2. The first-order chi connectivity index (χ1) is 8.66.